The lowest BCUT2D eigenvalue weighted by Gasteiger charge is -2.04. The van der Waals surface area contributed by atoms with Gasteiger partial charge in [0.2, 0.25) is 5.89 Å². The summed E-state index contributed by atoms with van der Waals surface area (Å²) in [5.41, 5.74) is 6.30. The Bertz CT molecular complexity index is 529. The number of benzene rings is 1. The van der Waals surface area contributed by atoms with Crippen LogP contribution in [0.15, 0.2) is 27.1 Å². The standard InChI is InChI=1S/C10H10BrClN4O/c1-5(13)9-15-16-10(17-9)14-8-3-2-6(11)4-7(8)12/h2-5H,13H2,1H3,(H,14,16). The molecule has 0 bridgehead atoms. The van der Waals surface area contributed by atoms with E-state index in [9.17, 15) is 0 Å². The number of halogens is 2. The highest BCUT2D eigenvalue weighted by Crippen LogP contribution is 2.28. The molecule has 1 unspecified atom stereocenters. The van der Waals surface area contributed by atoms with Crippen molar-refractivity contribution in [3.63, 3.8) is 0 Å². The van der Waals surface area contributed by atoms with Crippen molar-refractivity contribution >= 4 is 39.2 Å². The fourth-order valence-corrected chi connectivity index (χ4v) is 1.90. The summed E-state index contributed by atoms with van der Waals surface area (Å²) in [5.74, 6) is 0.376. The normalized spacial score (nSPS) is 12.5. The van der Waals surface area contributed by atoms with Crippen molar-refractivity contribution in [1.29, 1.82) is 0 Å². The third-order valence-electron chi connectivity index (χ3n) is 2.00. The van der Waals surface area contributed by atoms with Gasteiger partial charge in [0.15, 0.2) is 0 Å². The van der Waals surface area contributed by atoms with Crippen molar-refractivity contribution < 1.29 is 4.42 Å². The van der Waals surface area contributed by atoms with E-state index in [2.05, 4.69) is 31.4 Å². The molecule has 2 rings (SSSR count). The van der Waals surface area contributed by atoms with Crippen molar-refractivity contribution in [1.82, 2.24) is 10.2 Å². The van der Waals surface area contributed by atoms with Gasteiger partial charge in [-0.3, -0.25) is 0 Å². The molecule has 0 saturated carbocycles. The zero-order valence-corrected chi connectivity index (χ0v) is 11.3. The monoisotopic (exact) mass is 316 g/mol. The van der Waals surface area contributed by atoms with E-state index in [1.807, 2.05) is 12.1 Å². The molecule has 5 nitrogen and oxygen atoms in total. The van der Waals surface area contributed by atoms with Crippen LogP contribution in [-0.2, 0) is 0 Å². The van der Waals surface area contributed by atoms with E-state index < -0.39 is 0 Å². The molecule has 0 spiro atoms. The summed E-state index contributed by atoms with van der Waals surface area (Å²) in [7, 11) is 0. The minimum absolute atomic E-state index is 0.265. The molecule has 17 heavy (non-hydrogen) atoms. The fraction of sp³-hybridized carbons (Fsp3) is 0.200. The molecule has 0 aliphatic heterocycles. The van der Waals surface area contributed by atoms with Crippen LogP contribution in [0.1, 0.15) is 18.9 Å². The van der Waals surface area contributed by atoms with Crippen LogP contribution in [0.3, 0.4) is 0 Å². The zero-order valence-electron chi connectivity index (χ0n) is 8.95. The minimum Gasteiger partial charge on any atom is -0.406 e. The van der Waals surface area contributed by atoms with Gasteiger partial charge in [-0.1, -0.05) is 32.6 Å². The van der Waals surface area contributed by atoms with E-state index in [0.717, 1.165) is 4.47 Å². The summed E-state index contributed by atoms with van der Waals surface area (Å²) < 4.78 is 6.20. The Morgan fingerprint density at radius 3 is 2.82 bits per heavy atom. The Labute approximate surface area is 111 Å². The van der Waals surface area contributed by atoms with Gasteiger partial charge in [0, 0.05) is 4.47 Å². The summed E-state index contributed by atoms with van der Waals surface area (Å²) in [5, 5.41) is 11.1. The Kier molecular flexibility index (Phi) is 3.66. The molecule has 1 aromatic carbocycles. The van der Waals surface area contributed by atoms with Crippen LogP contribution in [0.4, 0.5) is 11.7 Å². The first-order chi connectivity index (χ1) is 8.06. The highest BCUT2D eigenvalue weighted by atomic mass is 79.9. The first-order valence-corrected chi connectivity index (χ1v) is 6.04. The molecule has 7 heteroatoms. The molecule has 90 valence electrons. The van der Waals surface area contributed by atoms with E-state index in [0.29, 0.717) is 16.6 Å². The molecular formula is C10H10BrClN4O. The van der Waals surface area contributed by atoms with Crippen molar-refractivity contribution in [2.75, 3.05) is 5.32 Å². The van der Waals surface area contributed by atoms with Crippen LogP contribution in [0, 0.1) is 0 Å². The number of hydrogen-bond acceptors (Lipinski definition) is 5. The predicted molar refractivity (Wildman–Crippen MR) is 69.3 cm³/mol. The first-order valence-electron chi connectivity index (χ1n) is 4.87. The minimum atomic E-state index is -0.293. The Morgan fingerprint density at radius 1 is 1.47 bits per heavy atom. The van der Waals surface area contributed by atoms with Crippen LogP contribution < -0.4 is 11.1 Å². The predicted octanol–water partition coefficient (Wildman–Crippen LogP) is 3.25. The van der Waals surface area contributed by atoms with E-state index in [4.69, 9.17) is 21.8 Å². The van der Waals surface area contributed by atoms with Crippen molar-refractivity contribution in [2.45, 2.75) is 13.0 Å². The third-order valence-corrected chi connectivity index (χ3v) is 2.81. The zero-order chi connectivity index (χ0) is 12.4. The average molecular weight is 318 g/mol. The Morgan fingerprint density at radius 2 is 2.24 bits per heavy atom. The highest BCUT2D eigenvalue weighted by molar-refractivity contribution is 9.10. The van der Waals surface area contributed by atoms with Gasteiger partial charge in [-0.15, -0.1) is 5.10 Å². The van der Waals surface area contributed by atoms with E-state index in [-0.39, 0.29) is 12.1 Å². The maximum atomic E-state index is 6.04. The average Bonchev–Trinajstić information content (AvgIpc) is 2.71. The second-order valence-corrected chi connectivity index (χ2v) is 4.81. The van der Waals surface area contributed by atoms with Gasteiger partial charge in [-0.25, -0.2) is 0 Å². The van der Waals surface area contributed by atoms with Crippen LogP contribution >= 0.6 is 27.5 Å². The lowest BCUT2D eigenvalue weighted by Crippen LogP contribution is -2.04. The number of hydrogen-bond donors (Lipinski definition) is 2. The topological polar surface area (TPSA) is 77.0 Å². The molecule has 1 heterocycles. The quantitative estimate of drug-likeness (QED) is 0.908. The molecule has 1 atom stereocenters. The number of nitrogens with two attached hydrogens (primary N) is 1. The molecule has 0 fully saturated rings. The lowest BCUT2D eigenvalue weighted by atomic mass is 10.3. The highest BCUT2D eigenvalue weighted by Gasteiger charge is 2.11. The van der Waals surface area contributed by atoms with E-state index >= 15 is 0 Å². The van der Waals surface area contributed by atoms with Crippen molar-refractivity contribution in [3.8, 4) is 0 Å². The van der Waals surface area contributed by atoms with Crippen LogP contribution in [0.25, 0.3) is 0 Å². The summed E-state index contributed by atoms with van der Waals surface area (Å²) >= 11 is 9.37. The number of nitrogens with one attached hydrogen (secondary N) is 1. The largest absolute Gasteiger partial charge is 0.406 e. The molecule has 0 saturated heterocycles. The molecule has 1 aromatic heterocycles. The SMILES string of the molecule is CC(N)c1nnc(Nc2ccc(Br)cc2Cl)o1. The second kappa shape index (κ2) is 5.03. The molecular weight excluding hydrogens is 307 g/mol. The number of rotatable bonds is 3. The molecule has 2 aromatic rings. The maximum absolute atomic E-state index is 6.04. The smallest absolute Gasteiger partial charge is 0.320 e. The summed E-state index contributed by atoms with van der Waals surface area (Å²) in [6, 6.07) is 5.41. The van der Waals surface area contributed by atoms with Gasteiger partial charge in [0.05, 0.1) is 16.8 Å². The van der Waals surface area contributed by atoms with E-state index in [1.54, 1.807) is 13.0 Å². The maximum Gasteiger partial charge on any atom is 0.320 e. The summed E-state index contributed by atoms with van der Waals surface area (Å²) in [6.45, 7) is 1.77. The van der Waals surface area contributed by atoms with E-state index in [1.165, 1.54) is 0 Å². The summed E-state index contributed by atoms with van der Waals surface area (Å²) in [6.07, 6.45) is 0. The molecule has 0 radical (unpaired) electrons. The van der Waals surface area contributed by atoms with Gasteiger partial charge in [0.25, 0.3) is 0 Å². The van der Waals surface area contributed by atoms with Gasteiger partial charge in [-0.2, -0.15) is 0 Å². The van der Waals surface area contributed by atoms with Gasteiger partial charge in [-0.05, 0) is 25.1 Å². The molecule has 0 amide bonds. The van der Waals surface area contributed by atoms with Crippen molar-refractivity contribution in [3.05, 3.63) is 33.6 Å². The molecule has 0 aliphatic rings. The van der Waals surface area contributed by atoms with Gasteiger partial charge in [0.1, 0.15) is 0 Å². The summed E-state index contributed by atoms with van der Waals surface area (Å²) in [4.78, 5) is 0. The number of aromatic nitrogens is 2. The Hall–Kier alpha value is -1.11. The fourth-order valence-electron chi connectivity index (χ4n) is 1.18. The third kappa shape index (κ3) is 2.96. The molecule has 3 N–H and O–H groups in total. The number of anilines is 2. The van der Waals surface area contributed by atoms with Crippen LogP contribution in [0.5, 0.6) is 0 Å². The number of nitrogens with zero attached hydrogens (tertiary/aromatic N) is 2. The Balaban J connectivity index is 2.19. The van der Waals surface area contributed by atoms with Crippen LogP contribution in [0.2, 0.25) is 5.02 Å². The van der Waals surface area contributed by atoms with Crippen molar-refractivity contribution in [2.24, 2.45) is 5.73 Å². The van der Waals surface area contributed by atoms with Gasteiger partial charge < -0.3 is 15.5 Å². The van der Waals surface area contributed by atoms with Gasteiger partial charge >= 0.3 is 6.01 Å². The second-order valence-electron chi connectivity index (χ2n) is 3.48. The lowest BCUT2D eigenvalue weighted by molar-refractivity contribution is 0.475. The molecule has 0 aliphatic carbocycles. The first kappa shape index (κ1) is 12.3. The van der Waals surface area contributed by atoms with Crippen LogP contribution in [-0.4, -0.2) is 10.2 Å².